The maximum Gasteiger partial charge on any atom is 0.573 e. The number of ether oxygens (including phenoxy) is 1. The summed E-state index contributed by atoms with van der Waals surface area (Å²) in [5, 5.41) is 0. The van der Waals surface area contributed by atoms with E-state index in [0.29, 0.717) is 13.0 Å². The number of hydrogen-bond donors (Lipinski definition) is 1. The molecule has 0 aromatic heterocycles. The van der Waals surface area contributed by atoms with Crippen molar-refractivity contribution in [2.75, 3.05) is 13.1 Å². The Bertz CT molecular complexity index is 640. The van der Waals surface area contributed by atoms with Crippen LogP contribution >= 0.6 is 12.4 Å². The van der Waals surface area contributed by atoms with Crippen molar-refractivity contribution >= 4 is 22.4 Å². The first-order valence-electron chi connectivity index (χ1n) is 6.71. The van der Waals surface area contributed by atoms with E-state index in [1.165, 1.54) is 16.4 Å². The molecule has 5 nitrogen and oxygen atoms in total. The van der Waals surface area contributed by atoms with Crippen LogP contribution in [-0.2, 0) is 10.0 Å². The van der Waals surface area contributed by atoms with Crippen LogP contribution in [0.1, 0.15) is 13.3 Å². The average molecular weight is 375 g/mol. The predicted molar refractivity (Wildman–Crippen MR) is 80.9 cm³/mol. The number of nitrogens with zero attached hydrogens (tertiary/aromatic N) is 1. The van der Waals surface area contributed by atoms with Gasteiger partial charge in [0.15, 0.2) is 0 Å². The Labute approximate surface area is 139 Å². The van der Waals surface area contributed by atoms with Crippen molar-refractivity contribution in [3.05, 3.63) is 24.3 Å². The van der Waals surface area contributed by atoms with E-state index in [0.717, 1.165) is 12.1 Å². The molecule has 2 unspecified atom stereocenters. The van der Waals surface area contributed by atoms with Gasteiger partial charge in [0, 0.05) is 18.7 Å². The molecule has 0 saturated carbocycles. The molecule has 2 N–H and O–H groups in total. The molecule has 10 heteroatoms. The topological polar surface area (TPSA) is 72.6 Å². The van der Waals surface area contributed by atoms with Crippen LogP contribution in [0, 0.1) is 5.92 Å². The van der Waals surface area contributed by atoms with Crippen LogP contribution in [0.15, 0.2) is 29.2 Å². The summed E-state index contributed by atoms with van der Waals surface area (Å²) >= 11 is 0. The average Bonchev–Trinajstić information content (AvgIpc) is 2.79. The van der Waals surface area contributed by atoms with E-state index in [2.05, 4.69) is 4.74 Å². The van der Waals surface area contributed by atoms with E-state index in [9.17, 15) is 21.6 Å². The van der Waals surface area contributed by atoms with Gasteiger partial charge in [0.1, 0.15) is 5.75 Å². The van der Waals surface area contributed by atoms with Crippen LogP contribution < -0.4 is 10.5 Å². The summed E-state index contributed by atoms with van der Waals surface area (Å²) in [6, 6.07) is 4.16. The van der Waals surface area contributed by atoms with Crippen LogP contribution in [0.4, 0.5) is 13.2 Å². The molecule has 1 heterocycles. The molecule has 2 rings (SSSR count). The van der Waals surface area contributed by atoms with Gasteiger partial charge in [-0.15, -0.1) is 25.6 Å². The molecule has 1 aromatic rings. The summed E-state index contributed by atoms with van der Waals surface area (Å²) in [6.07, 6.45) is -4.23. The number of nitrogens with two attached hydrogens (primary N) is 1. The zero-order valence-corrected chi connectivity index (χ0v) is 13.9. The smallest absolute Gasteiger partial charge is 0.406 e. The van der Waals surface area contributed by atoms with Crippen molar-refractivity contribution in [1.29, 1.82) is 0 Å². The molecule has 132 valence electrons. The summed E-state index contributed by atoms with van der Waals surface area (Å²) in [4.78, 5) is -0.223. The molecule has 0 spiro atoms. The molecule has 0 bridgehead atoms. The Balaban J connectivity index is 0.00000264. The van der Waals surface area contributed by atoms with Gasteiger partial charge in [0.2, 0.25) is 10.0 Å². The fraction of sp³-hybridized carbons (Fsp3) is 0.538. The molecule has 2 atom stereocenters. The van der Waals surface area contributed by atoms with E-state index in [1.807, 2.05) is 0 Å². The second-order valence-electron chi connectivity index (χ2n) is 5.28. The number of sulfonamides is 1. The Kier molecular flexibility index (Phi) is 6.31. The summed E-state index contributed by atoms with van der Waals surface area (Å²) in [5.74, 6) is -0.504. The Hall–Kier alpha value is -1.03. The third-order valence-corrected chi connectivity index (χ3v) is 5.56. The number of hydrogen-bond acceptors (Lipinski definition) is 4. The monoisotopic (exact) mass is 374 g/mol. The number of halogens is 4. The first-order chi connectivity index (χ1) is 10.1. The molecule has 0 aliphatic carbocycles. The lowest BCUT2D eigenvalue weighted by atomic mass is 10.1. The Morgan fingerprint density at radius 3 is 2.57 bits per heavy atom. The van der Waals surface area contributed by atoms with Crippen LogP contribution in [0.5, 0.6) is 5.75 Å². The Morgan fingerprint density at radius 2 is 2.04 bits per heavy atom. The van der Waals surface area contributed by atoms with Crippen molar-refractivity contribution in [2.24, 2.45) is 11.7 Å². The van der Waals surface area contributed by atoms with Gasteiger partial charge in [0.05, 0.1) is 4.90 Å². The maximum absolute atomic E-state index is 12.6. The van der Waals surface area contributed by atoms with Gasteiger partial charge in [0.25, 0.3) is 0 Å². The number of alkyl halides is 3. The fourth-order valence-corrected chi connectivity index (χ4v) is 4.34. The lowest BCUT2D eigenvalue weighted by Crippen LogP contribution is -2.34. The second-order valence-corrected chi connectivity index (χ2v) is 7.17. The predicted octanol–water partition coefficient (Wildman–Crippen LogP) is 2.36. The van der Waals surface area contributed by atoms with Gasteiger partial charge in [-0.25, -0.2) is 8.42 Å². The van der Waals surface area contributed by atoms with Crippen molar-refractivity contribution < 1.29 is 26.3 Å². The van der Waals surface area contributed by atoms with Gasteiger partial charge in [-0.2, -0.15) is 4.31 Å². The lowest BCUT2D eigenvalue weighted by molar-refractivity contribution is -0.274. The van der Waals surface area contributed by atoms with Gasteiger partial charge >= 0.3 is 6.36 Å². The summed E-state index contributed by atoms with van der Waals surface area (Å²) < 4.78 is 66.9. The van der Waals surface area contributed by atoms with Gasteiger partial charge < -0.3 is 10.5 Å². The van der Waals surface area contributed by atoms with Crippen LogP contribution in [0.2, 0.25) is 0 Å². The van der Waals surface area contributed by atoms with Crippen LogP contribution in [0.3, 0.4) is 0 Å². The quantitative estimate of drug-likeness (QED) is 0.878. The normalized spacial score (nSPS) is 22.7. The van der Waals surface area contributed by atoms with Crippen molar-refractivity contribution in [1.82, 2.24) is 4.31 Å². The van der Waals surface area contributed by atoms with E-state index in [4.69, 9.17) is 5.73 Å². The highest BCUT2D eigenvalue weighted by molar-refractivity contribution is 7.89. The van der Waals surface area contributed by atoms with Gasteiger partial charge in [-0.3, -0.25) is 0 Å². The lowest BCUT2D eigenvalue weighted by Gasteiger charge is -2.21. The molecule has 1 aliphatic rings. The van der Waals surface area contributed by atoms with E-state index in [-0.39, 0.29) is 35.8 Å². The standard InChI is InChI=1S/C13H17F3N2O3S.ClH/c1-9-5-10(7-17)8-18(9)22(19,20)12-4-2-3-11(6-12)21-13(14,15)16;/h2-4,6,9-10H,5,7-8,17H2,1H3;1H. The van der Waals surface area contributed by atoms with Crippen molar-refractivity contribution in [2.45, 2.75) is 30.6 Å². The van der Waals surface area contributed by atoms with E-state index in [1.54, 1.807) is 6.92 Å². The summed E-state index contributed by atoms with van der Waals surface area (Å²) in [7, 11) is -3.88. The third kappa shape index (κ3) is 4.72. The van der Waals surface area contributed by atoms with Crippen molar-refractivity contribution in [3.8, 4) is 5.75 Å². The largest absolute Gasteiger partial charge is 0.573 e. The number of benzene rings is 1. The molecule has 23 heavy (non-hydrogen) atoms. The minimum atomic E-state index is -4.87. The highest BCUT2D eigenvalue weighted by Gasteiger charge is 2.38. The number of rotatable bonds is 4. The highest BCUT2D eigenvalue weighted by Crippen LogP contribution is 2.31. The zero-order chi connectivity index (χ0) is 16.5. The first kappa shape index (κ1) is 20.0. The van der Waals surface area contributed by atoms with Crippen LogP contribution in [0.25, 0.3) is 0 Å². The third-order valence-electron chi connectivity index (χ3n) is 3.58. The molecule has 1 aliphatic heterocycles. The SMILES string of the molecule is CC1CC(CN)CN1S(=O)(=O)c1cccc(OC(F)(F)F)c1.Cl. The summed E-state index contributed by atoms with van der Waals surface area (Å²) in [6.45, 7) is 2.39. The fourth-order valence-electron chi connectivity index (χ4n) is 2.58. The molecular formula is C13H18ClF3N2O3S. The summed E-state index contributed by atoms with van der Waals surface area (Å²) in [5.41, 5.74) is 5.57. The second kappa shape index (κ2) is 7.25. The molecule has 1 aromatic carbocycles. The molecule has 0 amide bonds. The van der Waals surface area contributed by atoms with E-state index < -0.39 is 22.1 Å². The Morgan fingerprint density at radius 1 is 1.39 bits per heavy atom. The van der Waals surface area contributed by atoms with Crippen LogP contribution in [-0.4, -0.2) is 38.2 Å². The zero-order valence-electron chi connectivity index (χ0n) is 12.3. The molecular weight excluding hydrogens is 357 g/mol. The molecule has 1 saturated heterocycles. The van der Waals surface area contributed by atoms with E-state index >= 15 is 0 Å². The minimum absolute atomic E-state index is 0. The minimum Gasteiger partial charge on any atom is -0.406 e. The molecule has 0 radical (unpaired) electrons. The van der Waals surface area contributed by atoms with Gasteiger partial charge in [-0.1, -0.05) is 6.07 Å². The van der Waals surface area contributed by atoms with Crippen molar-refractivity contribution in [3.63, 3.8) is 0 Å². The molecule has 1 fully saturated rings. The first-order valence-corrected chi connectivity index (χ1v) is 8.15. The van der Waals surface area contributed by atoms with Gasteiger partial charge in [-0.05, 0) is 37.9 Å². The highest BCUT2D eigenvalue weighted by atomic mass is 35.5. The maximum atomic E-state index is 12.6.